The Hall–Kier alpha value is -2.71. The molecule has 1 aromatic heterocycles. The Balaban J connectivity index is 1.81. The summed E-state index contributed by atoms with van der Waals surface area (Å²) in [4.78, 5) is 17.2. The monoisotopic (exact) mass is 443 g/mol. The number of hydrogen-bond acceptors (Lipinski definition) is 5. The van der Waals surface area contributed by atoms with Gasteiger partial charge in [-0.25, -0.2) is 13.4 Å². The van der Waals surface area contributed by atoms with E-state index < -0.39 is 15.9 Å². The van der Waals surface area contributed by atoms with Crippen LogP contribution in [0, 0.1) is 27.7 Å². The van der Waals surface area contributed by atoms with Crippen molar-refractivity contribution in [1.29, 1.82) is 0 Å². The molecular formula is C22H25N3O3S2. The third-order valence-corrected chi connectivity index (χ3v) is 6.64. The van der Waals surface area contributed by atoms with Gasteiger partial charge in [-0.3, -0.25) is 9.10 Å². The topological polar surface area (TPSA) is 79.4 Å². The standard InChI is InChI=1S/C22H25N3O3S2/c1-14-10-16(3)21(17(4)11-14)18-13-29-22(23-18)24-20(26)12-25(30(5,27)28)19-9-7-6-8-15(19)2/h6-11,13H,12H2,1-5H3,(H,23,24,26). The molecule has 0 fully saturated rings. The summed E-state index contributed by atoms with van der Waals surface area (Å²) in [6.45, 7) is 7.63. The number of nitrogens with one attached hydrogen (secondary N) is 1. The van der Waals surface area contributed by atoms with E-state index in [2.05, 4.69) is 29.4 Å². The van der Waals surface area contributed by atoms with Crippen LogP contribution >= 0.6 is 11.3 Å². The lowest BCUT2D eigenvalue weighted by Gasteiger charge is -2.23. The van der Waals surface area contributed by atoms with Crippen LogP contribution in [0.1, 0.15) is 22.3 Å². The van der Waals surface area contributed by atoms with Gasteiger partial charge < -0.3 is 5.32 Å². The highest BCUT2D eigenvalue weighted by Gasteiger charge is 2.23. The summed E-state index contributed by atoms with van der Waals surface area (Å²) in [5.41, 5.74) is 6.55. The first kappa shape index (κ1) is 22.0. The molecule has 30 heavy (non-hydrogen) atoms. The van der Waals surface area contributed by atoms with E-state index in [-0.39, 0.29) is 6.54 Å². The average molecular weight is 444 g/mol. The van der Waals surface area contributed by atoms with E-state index in [1.807, 2.05) is 38.3 Å². The molecule has 0 unspecified atom stereocenters. The normalized spacial score (nSPS) is 11.4. The Morgan fingerprint density at radius 3 is 2.30 bits per heavy atom. The van der Waals surface area contributed by atoms with Crippen molar-refractivity contribution in [3.05, 3.63) is 64.0 Å². The summed E-state index contributed by atoms with van der Waals surface area (Å²) < 4.78 is 25.7. The molecule has 0 saturated heterocycles. The molecule has 3 aromatic rings. The van der Waals surface area contributed by atoms with Crippen LogP contribution in [0.2, 0.25) is 0 Å². The van der Waals surface area contributed by atoms with Crippen molar-refractivity contribution in [2.45, 2.75) is 27.7 Å². The van der Waals surface area contributed by atoms with Crippen molar-refractivity contribution in [2.24, 2.45) is 0 Å². The Labute approximate surface area is 181 Å². The van der Waals surface area contributed by atoms with Crippen molar-refractivity contribution in [3.8, 4) is 11.3 Å². The number of aromatic nitrogens is 1. The number of aryl methyl sites for hydroxylation is 4. The molecule has 1 N–H and O–H groups in total. The Bertz CT molecular complexity index is 1180. The summed E-state index contributed by atoms with van der Waals surface area (Å²) in [7, 11) is -3.63. The van der Waals surface area contributed by atoms with Crippen LogP contribution in [-0.4, -0.2) is 32.1 Å². The van der Waals surface area contributed by atoms with Gasteiger partial charge in [0.25, 0.3) is 0 Å². The van der Waals surface area contributed by atoms with Crippen LogP contribution in [0.25, 0.3) is 11.3 Å². The van der Waals surface area contributed by atoms with Gasteiger partial charge in [0.05, 0.1) is 17.6 Å². The van der Waals surface area contributed by atoms with Crippen LogP contribution in [0.5, 0.6) is 0 Å². The van der Waals surface area contributed by atoms with E-state index >= 15 is 0 Å². The minimum absolute atomic E-state index is 0.318. The van der Waals surface area contributed by atoms with Gasteiger partial charge in [0.15, 0.2) is 5.13 Å². The first-order valence-electron chi connectivity index (χ1n) is 9.43. The smallest absolute Gasteiger partial charge is 0.246 e. The molecule has 3 rings (SSSR count). The van der Waals surface area contributed by atoms with E-state index in [9.17, 15) is 13.2 Å². The minimum Gasteiger partial charge on any atom is -0.300 e. The number of sulfonamides is 1. The van der Waals surface area contributed by atoms with E-state index in [0.717, 1.165) is 38.5 Å². The molecule has 0 radical (unpaired) electrons. The predicted octanol–water partition coefficient (Wildman–Crippen LogP) is 4.45. The molecule has 158 valence electrons. The molecule has 0 bridgehead atoms. The lowest BCUT2D eigenvalue weighted by atomic mass is 9.98. The van der Waals surface area contributed by atoms with Gasteiger partial charge in [0.2, 0.25) is 15.9 Å². The molecule has 2 aromatic carbocycles. The molecule has 1 heterocycles. The fraction of sp³-hybridized carbons (Fsp3) is 0.273. The van der Waals surface area contributed by atoms with E-state index in [0.29, 0.717) is 10.8 Å². The number of para-hydroxylation sites is 1. The second-order valence-corrected chi connectivity index (χ2v) is 10.2. The van der Waals surface area contributed by atoms with E-state index in [1.54, 1.807) is 12.1 Å². The molecule has 1 amide bonds. The van der Waals surface area contributed by atoms with Crippen LogP contribution in [0.3, 0.4) is 0 Å². The average Bonchev–Trinajstić information content (AvgIpc) is 3.06. The van der Waals surface area contributed by atoms with Crippen LogP contribution < -0.4 is 9.62 Å². The highest BCUT2D eigenvalue weighted by Crippen LogP contribution is 2.31. The summed E-state index contributed by atoms with van der Waals surface area (Å²) >= 11 is 1.32. The maximum atomic E-state index is 12.6. The van der Waals surface area contributed by atoms with Crippen molar-refractivity contribution in [3.63, 3.8) is 0 Å². The lowest BCUT2D eigenvalue weighted by molar-refractivity contribution is -0.114. The highest BCUT2D eigenvalue weighted by molar-refractivity contribution is 7.92. The zero-order chi connectivity index (χ0) is 22.1. The molecule has 8 heteroatoms. The summed E-state index contributed by atoms with van der Waals surface area (Å²) in [5, 5.41) is 5.07. The second-order valence-electron chi connectivity index (χ2n) is 7.42. The number of thiazole rings is 1. The second kappa shape index (κ2) is 8.57. The Morgan fingerprint density at radius 1 is 1.07 bits per heavy atom. The molecule has 0 aliphatic rings. The lowest BCUT2D eigenvalue weighted by Crippen LogP contribution is -2.37. The van der Waals surface area contributed by atoms with E-state index in [1.165, 1.54) is 16.9 Å². The van der Waals surface area contributed by atoms with Crippen molar-refractivity contribution >= 4 is 38.1 Å². The largest absolute Gasteiger partial charge is 0.300 e. The zero-order valence-electron chi connectivity index (χ0n) is 17.7. The minimum atomic E-state index is -3.63. The van der Waals surface area contributed by atoms with Crippen molar-refractivity contribution in [2.75, 3.05) is 22.4 Å². The fourth-order valence-electron chi connectivity index (χ4n) is 3.54. The molecule has 0 spiro atoms. The molecule has 0 saturated carbocycles. The van der Waals surface area contributed by atoms with Gasteiger partial charge in [-0.15, -0.1) is 11.3 Å². The number of rotatable bonds is 6. The van der Waals surface area contributed by atoms with Crippen molar-refractivity contribution < 1.29 is 13.2 Å². The molecule has 0 atom stereocenters. The SMILES string of the molecule is Cc1cc(C)c(-c2csc(NC(=O)CN(c3ccccc3C)S(C)(=O)=O)n2)c(C)c1. The number of hydrogen-bond donors (Lipinski definition) is 1. The number of amides is 1. The van der Waals surface area contributed by atoms with Crippen LogP contribution in [0.15, 0.2) is 41.8 Å². The number of nitrogens with zero attached hydrogens (tertiary/aromatic N) is 2. The van der Waals surface area contributed by atoms with Gasteiger partial charge in [0.1, 0.15) is 6.54 Å². The van der Waals surface area contributed by atoms with Gasteiger partial charge in [0, 0.05) is 10.9 Å². The number of anilines is 2. The highest BCUT2D eigenvalue weighted by atomic mass is 32.2. The maximum absolute atomic E-state index is 12.6. The maximum Gasteiger partial charge on any atom is 0.246 e. The third kappa shape index (κ3) is 4.88. The summed E-state index contributed by atoms with van der Waals surface area (Å²) in [6, 6.07) is 11.3. The number of carbonyl (C=O) groups is 1. The quantitative estimate of drug-likeness (QED) is 0.610. The fourth-order valence-corrected chi connectivity index (χ4v) is 5.18. The van der Waals surface area contributed by atoms with Crippen LogP contribution in [-0.2, 0) is 14.8 Å². The first-order chi connectivity index (χ1) is 14.1. The molecule has 6 nitrogen and oxygen atoms in total. The van der Waals surface area contributed by atoms with E-state index in [4.69, 9.17) is 0 Å². The zero-order valence-corrected chi connectivity index (χ0v) is 19.3. The number of benzene rings is 2. The molecular weight excluding hydrogens is 418 g/mol. The third-order valence-electron chi connectivity index (χ3n) is 4.76. The number of carbonyl (C=O) groups excluding carboxylic acids is 1. The van der Waals surface area contributed by atoms with Gasteiger partial charge >= 0.3 is 0 Å². The summed E-state index contributed by atoms with van der Waals surface area (Å²) in [5.74, 6) is -0.443. The van der Waals surface area contributed by atoms with Gasteiger partial charge in [-0.2, -0.15) is 0 Å². The van der Waals surface area contributed by atoms with Crippen molar-refractivity contribution in [1.82, 2.24) is 4.98 Å². The predicted molar refractivity (Wildman–Crippen MR) is 124 cm³/mol. The van der Waals surface area contributed by atoms with Gasteiger partial charge in [-0.05, 0) is 50.5 Å². The first-order valence-corrected chi connectivity index (χ1v) is 12.2. The van der Waals surface area contributed by atoms with Crippen LogP contribution in [0.4, 0.5) is 10.8 Å². The Morgan fingerprint density at radius 2 is 1.70 bits per heavy atom. The summed E-state index contributed by atoms with van der Waals surface area (Å²) in [6.07, 6.45) is 1.09. The molecule has 0 aliphatic heterocycles. The Kier molecular flexibility index (Phi) is 6.28. The molecule has 0 aliphatic carbocycles. The van der Waals surface area contributed by atoms with Gasteiger partial charge in [-0.1, -0.05) is 35.9 Å².